The van der Waals surface area contributed by atoms with Gasteiger partial charge in [0.1, 0.15) is 5.75 Å². The molecule has 106 valence electrons. The van der Waals surface area contributed by atoms with Crippen molar-refractivity contribution in [3.05, 3.63) is 30.3 Å². The minimum absolute atomic E-state index is 0.00623. The number of alkyl halides is 1. The fourth-order valence-corrected chi connectivity index (χ4v) is 1.53. The van der Waals surface area contributed by atoms with Gasteiger partial charge < -0.3 is 14.8 Å². The molecular weight excluding hydrogens is 266 g/mol. The van der Waals surface area contributed by atoms with Crippen LogP contribution in [0.15, 0.2) is 30.3 Å². The lowest BCUT2D eigenvalue weighted by Gasteiger charge is -2.07. The van der Waals surface area contributed by atoms with E-state index >= 15 is 0 Å². The SMILES string of the molecule is O=C(CCOc1ccccc1)NCCCOCCCl. The van der Waals surface area contributed by atoms with Crippen LogP contribution in [0, 0.1) is 0 Å². The van der Waals surface area contributed by atoms with Gasteiger partial charge in [0, 0.05) is 19.0 Å². The summed E-state index contributed by atoms with van der Waals surface area (Å²) in [6.45, 7) is 2.18. The molecule has 0 aliphatic heterocycles. The number of amides is 1. The number of hydrogen-bond donors (Lipinski definition) is 1. The second kappa shape index (κ2) is 10.6. The van der Waals surface area contributed by atoms with Crippen molar-refractivity contribution >= 4 is 17.5 Å². The Morgan fingerprint density at radius 2 is 1.95 bits per heavy atom. The van der Waals surface area contributed by atoms with Crippen LogP contribution in [0.4, 0.5) is 0 Å². The van der Waals surface area contributed by atoms with E-state index in [9.17, 15) is 4.79 Å². The second-order valence-corrected chi connectivity index (χ2v) is 4.29. The molecule has 0 aliphatic carbocycles. The lowest BCUT2D eigenvalue weighted by Crippen LogP contribution is -2.26. The van der Waals surface area contributed by atoms with Gasteiger partial charge in [0.15, 0.2) is 0 Å². The Hall–Kier alpha value is -1.26. The molecule has 0 unspecified atom stereocenters. The van der Waals surface area contributed by atoms with Crippen LogP contribution in [-0.4, -0.2) is 38.2 Å². The van der Waals surface area contributed by atoms with E-state index in [-0.39, 0.29) is 5.91 Å². The molecule has 0 bridgehead atoms. The molecule has 0 aliphatic rings. The number of hydrogen-bond acceptors (Lipinski definition) is 3. The fourth-order valence-electron chi connectivity index (χ4n) is 1.43. The third-order valence-corrected chi connectivity index (χ3v) is 2.50. The maximum atomic E-state index is 11.5. The average molecular weight is 286 g/mol. The topological polar surface area (TPSA) is 47.6 Å². The van der Waals surface area contributed by atoms with Gasteiger partial charge in [0.2, 0.25) is 5.91 Å². The number of carbonyl (C=O) groups excluding carboxylic acids is 1. The van der Waals surface area contributed by atoms with E-state index in [1.165, 1.54) is 0 Å². The molecule has 0 spiro atoms. The van der Waals surface area contributed by atoms with Crippen molar-refractivity contribution in [3.63, 3.8) is 0 Å². The van der Waals surface area contributed by atoms with E-state index in [1.807, 2.05) is 30.3 Å². The predicted molar refractivity (Wildman–Crippen MR) is 75.7 cm³/mol. The van der Waals surface area contributed by atoms with Gasteiger partial charge in [0.25, 0.3) is 0 Å². The first-order valence-electron chi connectivity index (χ1n) is 6.41. The first kappa shape index (κ1) is 15.8. The van der Waals surface area contributed by atoms with Crippen molar-refractivity contribution in [3.8, 4) is 5.75 Å². The van der Waals surface area contributed by atoms with Crippen LogP contribution >= 0.6 is 11.6 Å². The maximum Gasteiger partial charge on any atom is 0.223 e. The predicted octanol–water partition coefficient (Wildman–Crippen LogP) is 2.22. The largest absolute Gasteiger partial charge is 0.493 e. The van der Waals surface area contributed by atoms with Crippen molar-refractivity contribution in [1.29, 1.82) is 0 Å². The van der Waals surface area contributed by atoms with E-state index < -0.39 is 0 Å². The Balaban J connectivity index is 1.96. The highest BCUT2D eigenvalue weighted by Gasteiger charge is 2.01. The third kappa shape index (κ3) is 8.46. The molecule has 1 rings (SSSR count). The molecule has 1 amide bonds. The van der Waals surface area contributed by atoms with E-state index in [4.69, 9.17) is 21.1 Å². The highest BCUT2D eigenvalue weighted by atomic mass is 35.5. The number of nitrogens with one attached hydrogen (secondary N) is 1. The van der Waals surface area contributed by atoms with Gasteiger partial charge in [-0.3, -0.25) is 4.79 Å². The Kier molecular flexibility index (Phi) is 8.85. The first-order chi connectivity index (χ1) is 9.33. The molecule has 1 aromatic rings. The molecule has 5 heteroatoms. The van der Waals surface area contributed by atoms with Gasteiger partial charge in [-0.25, -0.2) is 0 Å². The monoisotopic (exact) mass is 285 g/mol. The van der Waals surface area contributed by atoms with Crippen LogP contribution in [0.1, 0.15) is 12.8 Å². The number of ether oxygens (including phenoxy) is 2. The number of halogens is 1. The lowest BCUT2D eigenvalue weighted by molar-refractivity contribution is -0.121. The minimum atomic E-state index is -0.00623. The van der Waals surface area contributed by atoms with Crippen LogP contribution in [0.5, 0.6) is 5.75 Å². The van der Waals surface area contributed by atoms with Crippen LogP contribution in [0.25, 0.3) is 0 Å². The number of carbonyl (C=O) groups is 1. The molecule has 0 radical (unpaired) electrons. The molecule has 0 atom stereocenters. The Labute approximate surface area is 119 Å². The van der Waals surface area contributed by atoms with Gasteiger partial charge >= 0.3 is 0 Å². The lowest BCUT2D eigenvalue weighted by atomic mass is 10.3. The Bertz CT molecular complexity index is 346. The zero-order valence-corrected chi connectivity index (χ0v) is 11.7. The van der Waals surface area contributed by atoms with E-state index in [0.717, 1.165) is 12.2 Å². The van der Waals surface area contributed by atoms with Crippen LogP contribution in [0.3, 0.4) is 0 Å². The van der Waals surface area contributed by atoms with Gasteiger partial charge in [-0.15, -0.1) is 11.6 Å². The van der Waals surface area contributed by atoms with Crippen molar-refractivity contribution < 1.29 is 14.3 Å². The normalized spacial score (nSPS) is 10.2. The Morgan fingerprint density at radius 3 is 2.68 bits per heavy atom. The number of rotatable bonds is 10. The molecule has 0 saturated heterocycles. The third-order valence-electron chi connectivity index (χ3n) is 2.35. The molecule has 4 nitrogen and oxygen atoms in total. The smallest absolute Gasteiger partial charge is 0.223 e. The van der Waals surface area contributed by atoms with Gasteiger partial charge in [0.05, 0.1) is 19.6 Å². The van der Waals surface area contributed by atoms with Crippen LogP contribution < -0.4 is 10.1 Å². The Morgan fingerprint density at radius 1 is 1.16 bits per heavy atom. The van der Waals surface area contributed by atoms with Crippen molar-refractivity contribution in [2.45, 2.75) is 12.8 Å². The minimum Gasteiger partial charge on any atom is -0.493 e. The molecule has 0 fully saturated rings. The van der Waals surface area contributed by atoms with Gasteiger partial charge in [-0.1, -0.05) is 18.2 Å². The molecule has 0 saturated carbocycles. The average Bonchev–Trinajstić information content (AvgIpc) is 2.44. The number of benzene rings is 1. The first-order valence-corrected chi connectivity index (χ1v) is 6.94. The van der Waals surface area contributed by atoms with Gasteiger partial charge in [-0.05, 0) is 18.6 Å². The van der Waals surface area contributed by atoms with E-state index in [1.54, 1.807) is 0 Å². The zero-order chi connectivity index (χ0) is 13.8. The highest BCUT2D eigenvalue weighted by Crippen LogP contribution is 2.08. The quantitative estimate of drug-likeness (QED) is 0.530. The summed E-state index contributed by atoms with van der Waals surface area (Å²) in [4.78, 5) is 11.5. The summed E-state index contributed by atoms with van der Waals surface area (Å²) < 4.78 is 10.6. The van der Waals surface area contributed by atoms with Crippen molar-refractivity contribution in [2.24, 2.45) is 0 Å². The van der Waals surface area contributed by atoms with Crippen molar-refractivity contribution in [2.75, 3.05) is 32.2 Å². The van der Waals surface area contributed by atoms with E-state index in [2.05, 4.69) is 5.32 Å². The highest BCUT2D eigenvalue weighted by molar-refractivity contribution is 6.17. The van der Waals surface area contributed by atoms with Crippen LogP contribution in [-0.2, 0) is 9.53 Å². The molecule has 0 heterocycles. The summed E-state index contributed by atoms with van der Waals surface area (Å²) in [6, 6.07) is 9.45. The summed E-state index contributed by atoms with van der Waals surface area (Å²) in [5.74, 6) is 1.28. The zero-order valence-electron chi connectivity index (χ0n) is 10.9. The molecule has 19 heavy (non-hydrogen) atoms. The molecular formula is C14H20ClNO3. The molecule has 0 aromatic heterocycles. The summed E-state index contributed by atoms with van der Waals surface area (Å²) >= 11 is 5.46. The summed E-state index contributed by atoms with van der Waals surface area (Å²) in [5.41, 5.74) is 0. The standard InChI is InChI=1S/C14H20ClNO3/c15-8-12-18-10-4-9-16-14(17)7-11-19-13-5-2-1-3-6-13/h1-3,5-6H,4,7-12H2,(H,16,17). The molecule has 1 N–H and O–H groups in total. The molecule has 1 aromatic carbocycles. The number of para-hydroxylation sites is 1. The second-order valence-electron chi connectivity index (χ2n) is 3.92. The maximum absolute atomic E-state index is 11.5. The fraction of sp³-hybridized carbons (Fsp3) is 0.500. The summed E-state index contributed by atoms with van der Waals surface area (Å²) in [5, 5.41) is 2.81. The van der Waals surface area contributed by atoms with Crippen LogP contribution in [0.2, 0.25) is 0 Å². The summed E-state index contributed by atoms with van der Waals surface area (Å²) in [6.07, 6.45) is 1.15. The van der Waals surface area contributed by atoms with Crippen molar-refractivity contribution in [1.82, 2.24) is 5.32 Å². The van der Waals surface area contributed by atoms with Gasteiger partial charge in [-0.2, -0.15) is 0 Å². The van der Waals surface area contributed by atoms with E-state index in [0.29, 0.717) is 38.7 Å². The summed E-state index contributed by atoms with van der Waals surface area (Å²) in [7, 11) is 0.